The lowest BCUT2D eigenvalue weighted by Crippen LogP contribution is -2.19. The fourth-order valence-electron chi connectivity index (χ4n) is 4.46. The van der Waals surface area contributed by atoms with Crippen molar-refractivity contribution in [2.75, 3.05) is 0 Å². The fraction of sp³-hybridized carbons (Fsp3) is 0.160. The number of rotatable bonds is 3. The highest BCUT2D eigenvalue weighted by molar-refractivity contribution is 7.13. The summed E-state index contributed by atoms with van der Waals surface area (Å²) >= 11 is 1.74. The Morgan fingerprint density at radius 2 is 1.70 bits per heavy atom. The summed E-state index contributed by atoms with van der Waals surface area (Å²) in [5.74, 6) is 0.810. The van der Waals surface area contributed by atoms with Gasteiger partial charge in [-0.2, -0.15) is 0 Å². The minimum atomic E-state index is -0.0413. The van der Waals surface area contributed by atoms with Crippen LogP contribution in [0.15, 0.2) is 65.2 Å². The third-order valence-electron chi connectivity index (χ3n) is 6.23. The summed E-state index contributed by atoms with van der Waals surface area (Å²) in [5, 5.41) is 2.17. The first kappa shape index (κ1) is 19.8. The van der Waals surface area contributed by atoms with Gasteiger partial charge in [0, 0.05) is 31.7 Å². The molecule has 0 spiro atoms. The van der Waals surface area contributed by atoms with Crippen LogP contribution >= 0.6 is 11.3 Å². The van der Waals surface area contributed by atoms with Crippen LogP contribution in [-0.4, -0.2) is 28.2 Å². The summed E-state index contributed by atoms with van der Waals surface area (Å²) in [7, 11) is 5.57. The van der Waals surface area contributed by atoms with Crippen LogP contribution in [0.3, 0.4) is 0 Å². The molecule has 6 rings (SSSR count). The van der Waals surface area contributed by atoms with E-state index in [1.807, 2.05) is 36.0 Å². The van der Waals surface area contributed by atoms with E-state index < -0.39 is 0 Å². The maximum atomic E-state index is 12.5. The molecule has 0 saturated heterocycles. The van der Waals surface area contributed by atoms with E-state index in [9.17, 15) is 4.79 Å². The molecule has 0 fully saturated rings. The van der Waals surface area contributed by atoms with Crippen LogP contribution in [0.2, 0.25) is 0 Å². The second-order valence-electron chi connectivity index (χ2n) is 8.43. The zero-order valence-electron chi connectivity index (χ0n) is 18.8. The van der Waals surface area contributed by atoms with Crippen LogP contribution < -0.4 is 5.69 Å². The number of fused-ring (bicyclic) bond motifs is 2. The Hall–Kier alpha value is -3.91. The highest BCUT2D eigenvalue weighted by Crippen LogP contribution is 2.34. The van der Waals surface area contributed by atoms with Gasteiger partial charge in [0.2, 0.25) is 0 Å². The Labute approximate surface area is 193 Å². The molecule has 0 amide bonds. The van der Waals surface area contributed by atoms with Crippen LogP contribution in [0.5, 0.6) is 0 Å². The van der Waals surface area contributed by atoms with E-state index in [-0.39, 0.29) is 5.69 Å². The van der Waals surface area contributed by atoms with E-state index in [1.54, 1.807) is 40.9 Å². The maximum Gasteiger partial charge on any atom is 0.328 e. The van der Waals surface area contributed by atoms with Gasteiger partial charge in [0.05, 0.1) is 34.6 Å². The zero-order chi connectivity index (χ0) is 22.9. The molecular formula is C25H22N6OS. The molecule has 7 nitrogen and oxygen atoms in total. The number of hydrogen-bond acceptors (Lipinski definition) is 4. The summed E-state index contributed by atoms with van der Waals surface area (Å²) in [6.45, 7) is 2.11. The van der Waals surface area contributed by atoms with E-state index in [0.717, 1.165) is 44.8 Å². The highest BCUT2D eigenvalue weighted by Gasteiger charge is 2.19. The third-order valence-corrected chi connectivity index (χ3v) is 7.33. The zero-order valence-corrected chi connectivity index (χ0v) is 19.6. The second-order valence-corrected chi connectivity index (χ2v) is 9.34. The van der Waals surface area contributed by atoms with Gasteiger partial charge >= 0.3 is 5.69 Å². The first-order valence-electron chi connectivity index (χ1n) is 10.6. The Balaban J connectivity index is 1.64. The lowest BCUT2D eigenvalue weighted by Gasteiger charge is -2.11. The van der Waals surface area contributed by atoms with Crippen molar-refractivity contribution in [3.63, 3.8) is 0 Å². The van der Waals surface area contributed by atoms with E-state index in [1.165, 1.54) is 10.4 Å². The molecule has 0 aliphatic carbocycles. The molecule has 0 N–H and O–H groups in total. The quantitative estimate of drug-likeness (QED) is 0.391. The molecule has 0 radical (unpaired) electrons. The van der Waals surface area contributed by atoms with Crippen LogP contribution in [0.1, 0.15) is 5.56 Å². The SMILES string of the molecule is Cc1csc(-c2ccc3c(c2)nc(-c2cncn2C)n3-c2ccc3c(c2)n(C)c(=O)n3C)c1. The Bertz CT molecular complexity index is 1740. The molecule has 33 heavy (non-hydrogen) atoms. The summed E-state index contributed by atoms with van der Waals surface area (Å²) in [6, 6.07) is 14.7. The number of aromatic nitrogens is 6. The minimum Gasteiger partial charge on any atom is -0.331 e. The van der Waals surface area contributed by atoms with Gasteiger partial charge in [0.25, 0.3) is 0 Å². The Morgan fingerprint density at radius 1 is 0.909 bits per heavy atom. The second kappa shape index (κ2) is 7.05. The van der Waals surface area contributed by atoms with Crippen molar-refractivity contribution in [1.82, 2.24) is 28.2 Å². The molecule has 4 aromatic heterocycles. The van der Waals surface area contributed by atoms with Gasteiger partial charge in [0.1, 0.15) is 5.69 Å². The molecule has 0 saturated carbocycles. The van der Waals surface area contributed by atoms with Crippen molar-refractivity contribution in [1.29, 1.82) is 0 Å². The molecular weight excluding hydrogens is 432 g/mol. The molecule has 164 valence electrons. The van der Waals surface area contributed by atoms with Gasteiger partial charge in [-0.3, -0.25) is 13.7 Å². The molecule has 0 aliphatic heterocycles. The third kappa shape index (κ3) is 2.91. The lowest BCUT2D eigenvalue weighted by atomic mass is 10.1. The number of benzene rings is 2. The largest absolute Gasteiger partial charge is 0.331 e. The standard InChI is InChI=1S/C25H22N6OS/c1-15-9-23(33-13-15)16-5-7-19-18(10-16)27-24(22-12-26-14-28(22)2)31(19)17-6-8-20-21(11-17)30(4)25(32)29(20)3/h5-14H,1-4H3. The average Bonchev–Trinajstić information content (AvgIpc) is 3.57. The van der Waals surface area contributed by atoms with Crippen molar-refractivity contribution in [3.8, 4) is 27.6 Å². The van der Waals surface area contributed by atoms with Gasteiger partial charge < -0.3 is 4.57 Å². The van der Waals surface area contributed by atoms with Crippen LogP contribution in [-0.2, 0) is 21.1 Å². The predicted molar refractivity (Wildman–Crippen MR) is 133 cm³/mol. The predicted octanol–water partition coefficient (Wildman–Crippen LogP) is 4.65. The maximum absolute atomic E-state index is 12.5. The van der Waals surface area contributed by atoms with Gasteiger partial charge in [-0.15, -0.1) is 11.3 Å². The lowest BCUT2D eigenvalue weighted by molar-refractivity contribution is 0.795. The molecule has 0 unspecified atom stereocenters. The molecule has 6 aromatic rings. The van der Waals surface area contributed by atoms with Crippen LogP contribution in [0.4, 0.5) is 0 Å². The van der Waals surface area contributed by atoms with Crippen molar-refractivity contribution >= 4 is 33.4 Å². The van der Waals surface area contributed by atoms with E-state index in [0.29, 0.717) is 0 Å². The topological polar surface area (TPSA) is 62.6 Å². The van der Waals surface area contributed by atoms with Crippen molar-refractivity contribution in [2.24, 2.45) is 21.1 Å². The van der Waals surface area contributed by atoms with Crippen LogP contribution in [0.25, 0.3) is 49.7 Å². The smallest absolute Gasteiger partial charge is 0.328 e. The Kier molecular flexibility index (Phi) is 4.22. The molecule has 4 heterocycles. The number of hydrogen-bond donors (Lipinski definition) is 0. The normalized spacial score (nSPS) is 11.8. The van der Waals surface area contributed by atoms with Gasteiger partial charge in [-0.05, 0) is 59.8 Å². The first-order valence-corrected chi connectivity index (χ1v) is 11.5. The van der Waals surface area contributed by atoms with Gasteiger partial charge in [0.15, 0.2) is 5.82 Å². The summed E-state index contributed by atoms with van der Waals surface area (Å²) in [6.07, 6.45) is 3.61. The monoisotopic (exact) mass is 454 g/mol. The van der Waals surface area contributed by atoms with E-state index in [4.69, 9.17) is 4.98 Å². The molecule has 0 atom stereocenters. The Morgan fingerprint density at radius 3 is 2.42 bits per heavy atom. The van der Waals surface area contributed by atoms with Gasteiger partial charge in [-0.1, -0.05) is 6.07 Å². The summed E-state index contributed by atoms with van der Waals surface area (Å²) in [5.41, 5.74) is 7.93. The number of nitrogens with zero attached hydrogens (tertiary/aromatic N) is 6. The fourth-order valence-corrected chi connectivity index (χ4v) is 5.35. The van der Waals surface area contributed by atoms with E-state index in [2.05, 4.69) is 46.1 Å². The van der Waals surface area contributed by atoms with Crippen LogP contribution in [0, 0.1) is 6.92 Å². The van der Waals surface area contributed by atoms with E-state index >= 15 is 0 Å². The van der Waals surface area contributed by atoms with Crippen molar-refractivity contribution < 1.29 is 0 Å². The molecule has 2 aromatic carbocycles. The number of aryl methyl sites for hydroxylation is 4. The number of imidazole rings is 3. The summed E-state index contributed by atoms with van der Waals surface area (Å²) < 4.78 is 7.46. The first-order chi connectivity index (χ1) is 15.9. The van der Waals surface area contributed by atoms with Gasteiger partial charge in [-0.25, -0.2) is 14.8 Å². The molecule has 8 heteroatoms. The van der Waals surface area contributed by atoms with Crippen molar-refractivity contribution in [3.05, 3.63) is 76.4 Å². The van der Waals surface area contributed by atoms with Crippen molar-refractivity contribution in [2.45, 2.75) is 6.92 Å². The number of thiophene rings is 1. The molecule has 0 aliphatic rings. The highest BCUT2D eigenvalue weighted by atomic mass is 32.1. The minimum absolute atomic E-state index is 0.0413. The molecule has 0 bridgehead atoms. The average molecular weight is 455 g/mol. The summed E-state index contributed by atoms with van der Waals surface area (Å²) in [4.78, 5) is 23.1.